The van der Waals surface area contributed by atoms with Crippen LogP contribution < -0.4 is 5.32 Å². The smallest absolute Gasteiger partial charge is 0.306 e. The van der Waals surface area contributed by atoms with Crippen LogP contribution in [0.15, 0.2) is 60.7 Å². The van der Waals surface area contributed by atoms with Crippen molar-refractivity contribution in [3.8, 4) is 11.3 Å². The molecular formula is C22H22ClN3O3. The zero-order valence-electron chi connectivity index (χ0n) is 16.3. The van der Waals surface area contributed by atoms with E-state index in [1.165, 1.54) is 0 Å². The highest BCUT2D eigenvalue weighted by molar-refractivity contribution is 6.30. The van der Waals surface area contributed by atoms with Gasteiger partial charge in [0.1, 0.15) is 5.82 Å². The highest BCUT2D eigenvalue weighted by Crippen LogP contribution is 2.23. The molecule has 0 aliphatic carbocycles. The predicted molar refractivity (Wildman–Crippen MR) is 113 cm³/mol. The summed E-state index contributed by atoms with van der Waals surface area (Å²) in [6.07, 6.45) is 0.212. The van der Waals surface area contributed by atoms with Crippen molar-refractivity contribution in [2.24, 2.45) is 7.05 Å². The zero-order chi connectivity index (χ0) is 20.8. The number of halogens is 1. The lowest BCUT2D eigenvalue weighted by Gasteiger charge is -2.11. The Hall–Kier alpha value is -3.12. The lowest BCUT2D eigenvalue weighted by Crippen LogP contribution is -2.22. The molecule has 2 aromatic carbocycles. The summed E-state index contributed by atoms with van der Waals surface area (Å²) in [5, 5.41) is 7.73. The van der Waals surface area contributed by atoms with Gasteiger partial charge in [-0.3, -0.25) is 14.3 Å². The summed E-state index contributed by atoms with van der Waals surface area (Å²) in [6.45, 7) is 1.60. The van der Waals surface area contributed by atoms with Crippen LogP contribution in [0.5, 0.6) is 0 Å². The number of amides is 1. The number of hydrogen-bond acceptors (Lipinski definition) is 4. The Morgan fingerprint density at radius 1 is 1.14 bits per heavy atom. The highest BCUT2D eigenvalue weighted by Gasteiger charge is 2.15. The van der Waals surface area contributed by atoms with Gasteiger partial charge in [0.25, 0.3) is 5.91 Å². The summed E-state index contributed by atoms with van der Waals surface area (Å²) in [4.78, 5) is 24.2. The van der Waals surface area contributed by atoms with E-state index in [2.05, 4.69) is 10.4 Å². The summed E-state index contributed by atoms with van der Waals surface area (Å²) in [7, 11) is 1.72. The van der Waals surface area contributed by atoms with E-state index in [1.54, 1.807) is 29.9 Å². The number of esters is 1. The summed E-state index contributed by atoms with van der Waals surface area (Å²) in [6, 6.07) is 18.7. The van der Waals surface area contributed by atoms with Crippen molar-refractivity contribution >= 4 is 29.3 Å². The maximum atomic E-state index is 12.2. The first-order valence-corrected chi connectivity index (χ1v) is 9.60. The molecule has 3 aromatic rings. The molecule has 7 heteroatoms. The molecule has 0 fully saturated rings. The van der Waals surface area contributed by atoms with E-state index in [0.717, 1.165) is 11.1 Å². The van der Waals surface area contributed by atoms with Crippen LogP contribution in [0.2, 0.25) is 5.02 Å². The van der Waals surface area contributed by atoms with Gasteiger partial charge in [0.05, 0.1) is 12.1 Å². The molecule has 1 amide bonds. The monoisotopic (exact) mass is 411 g/mol. The SMILES string of the molecule is C[C@H](CC(=O)OCC(=O)Nc1cc(-c2ccc(Cl)cc2)nn1C)c1ccccc1. The third-order valence-corrected chi connectivity index (χ3v) is 4.74. The van der Waals surface area contributed by atoms with Gasteiger partial charge in [-0.05, 0) is 23.6 Å². The van der Waals surface area contributed by atoms with E-state index in [0.29, 0.717) is 16.5 Å². The van der Waals surface area contributed by atoms with Crippen molar-refractivity contribution in [2.75, 3.05) is 11.9 Å². The Morgan fingerprint density at radius 2 is 1.83 bits per heavy atom. The molecule has 0 saturated carbocycles. The Labute approximate surface area is 174 Å². The minimum absolute atomic E-state index is 0.0192. The quantitative estimate of drug-likeness (QED) is 0.584. The molecule has 29 heavy (non-hydrogen) atoms. The maximum Gasteiger partial charge on any atom is 0.306 e. The van der Waals surface area contributed by atoms with Crippen LogP contribution in [0.25, 0.3) is 11.3 Å². The molecule has 0 bridgehead atoms. The van der Waals surface area contributed by atoms with Gasteiger partial charge >= 0.3 is 5.97 Å². The molecule has 150 valence electrons. The number of aryl methyl sites for hydroxylation is 1. The molecule has 0 saturated heterocycles. The van der Waals surface area contributed by atoms with Gasteiger partial charge in [-0.25, -0.2) is 0 Å². The van der Waals surface area contributed by atoms with Gasteiger partial charge in [0, 0.05) is 23.7 Å². The van der Waals surface area contributed by atoms with Crippen LogP contribution in [0.3, 0.4) is 0 Å². The average molecular weight is 412 g/mol. The van der Waals surface area contributed by atoms with Crippen molar-refractivity contribution < 1.29 is 14.3 Å². The first-order valence-electron chi connectivity index (χ1n) is 9.23. The van der Waals surface area contributed by atoms with Crippen molar-refractivity contribution in [3.63, 3.8) is 0 Å². The summed E-state index contributed by atoms with van der Waals surface area (Å²) < 4.78 is 6.67. The third-order valence-electron chi connectivity index (χ3n) is 4.49. The zero-order valence-corrected chi connectivity index (χ0v) is 17.0. The standard InChI is InChI=1S/C22H22ClN3O3/c1-15(16-6-4-3-5-7-16)12-22(28)29-14-21(27)24-20-13-19(25-26(20)2)17-8-10-18(23)11-9-17/h3-11,13,15H,12,14H2,1-2H3,(H,24,27)/t15-/m1/s1. The Balaban J connectivity index is 1.52. The van der Waals surface area contributed by atoms with E-state index in [4.69, 9.17) is 16.3 Å². The first kappa shape index (κ1) is 20.6. The fourth-order valence-electron chi connectivity index (χ4n) is 2.88. The van der Waals surface area contributed by atoms with Gasteiger partial charge in [-0.15, -0.1) is 0 Å². The van der Waals surface area contributed by atoms with Crippen LogP contribution in [0, 0.1) is 0 Å². The van der Waals surface area contributed by atoms with Gasteiger partial charge in [-0.1, -0.05) is 61.0 Å². The van der Waals surface area contributed by atoms with Crippen molar-refractivity contribution in [1.29, 1.82) is 0 Å². The maximum absolute atomic E-state index is 12.2. The van der Waals surface area contributed by atoms with Crippen molar-refractivity contribution in [2.45, 2.75) is 19.3 Å². The van der Waals surface area contributed by atoms with E-state index >= 15 is 0 Å². The molecular weight excluding hydrogens is 390 g/mol. The number of aromatic nitrogens is 2. The van der Waals surface area contributed by atoms with E-state index in [1.807, 2.05) is 49.4 Å². The van der Waals surface area contributed by atoms with Gasteiger partial charge in [-0.2, -0.15) is 5.10 Å². The predicted octanol–water partition coefficient (Wildman–Crippen LogP) is 4.42. The second kappa shape index (κ2) is 9.39. The number of carbonyl (C=O) groups is 2. The minimum Gasteiger partial charge on any atom is -0.456 e. The second-order valence-corrected chi connectivity index (χ2v) is 7.21. The Bertz CT molecular complexity index is 984. The lowest BCUT2D eigenvalue weighted by molar-refractivity contribution is -0.147. The number of hydrogen-bond donors (Lipinski definition) is 1. The minimum atomic E-state index is -0.420. The number of carbonyl (C=O) groups excluding carboxylic acids is 2. The van der Waals surface area contributed by atoms with E-state index in [-0.39, 0.29) is 18.9 Å². The second-order valence-electron chi connectivity index (χ2n) is 6.77. The molecule has 0 spiro atoms. The number of rotatable bonds is 7. The molecule has 1 N–H and O–H groups in total. The molecule has 0 radical (unpaired) electrons. The van der Waals surface area contributed by atoms with Crippen LogP contribution in [0.4, 0.5) is 5.82 Å². The number of nitrogens with one attached hydrogen (secondary N) is 1. The topological polar surface area (TPSA) is 73.2 Å². The summed E-state index contributed by atoms with van der Waals surface area (Å²) >= 11 is 5.91. The number of anilines is 1. The molecule has 3 rings (SSSR count). The number of benzene rings is 2. The van der Waals surface area contributed by atoms with Gasteiger partial charge in [0.15, 0.2) is 6.61 Å². The molecule has 1 atom stereocenters. The first-order chi connectivity index (χ1) is 13.9. The van der Waals surface area contributed by atoms with Crippen LogP contribution in [-0.2, 0) is 21.4 Å². The fraction of sp³-hybridized carbons (Fsp3) is 0.227. The molecule has 0 unspecified atom stereocenters. The summed E-state index contributed by atoms with van der Waals surface area (Å²) in [5.74, 6) is -0.306. The average Bonchev–Trinajstić information content (AvgIpc) is 3.08. The van der Waals surface area contributed by atoms with Gasteiger partial charge < -0.3 is 10.1 Å². The summed E-state index contributed by atoms with van der Waals surface area (Å²) in [5.41, 5.74) is 2.64. The third kappa shape index (κ3) is 5.68. The lowest BCUT2D eigenvalue weighted by atomic mass is 9.98. The van der Waals surface area contributed by atoms with Crippen LogP contribution in [-0.4, -0.2) is 28.3 Å². The van der Waals surface area contributed by atoms with E-state index in [9.17, 15) is 9.59 Å². The number of nitrogens with zero attached hydrogens (tertiary/aromatic N) is 2. The normalized spacial score (nSPS) is 11.7. The Morgan fingerprint density at radius 3 is 2.52 bits per heavy atom. The highest BCUT2D eigenvalue weighted by atomic mass is 35.5. The molecule has 1 aromatic heterocycles. The number of ether oxygens (including phenoxy) is 1. The molecule has 0 aliphatic rings. The van der Waals surface area contributed by atoms with Crippen LogP contribution >= 0.6 is 11.6 Å². The van der Waals surface area contributed by atoms with Crippen molar-refractivity contribution in [1.82, 2.24) is 9.78 Å². The van der Waals surface area contributed by atoms with Crippen LogP contribution in [0.1, 0.15) is 24.8 Å². The largest absolute Gasteiger partial charge is 0.456 e. The molecule has 0 aliphatic heterocycles. The Kier molecular flexibility index (Phi) is 6.67. The van der Waals surface area contributed by atoms with E-state index < -0.39 is 11.9 Å². The molecule has 1 heterocycles. The van der Waals surface area contributed by atoms with Gasteiger partial charge in [0.2, 0.25) is 0 Å². The fourth-order valence-corrected chi connectivity index (χ4v) is 3.01. The molecule has 6 nitrogen and oxygen atoms in total. The van der Waals surface area contributed by atoms with Crippen molar-refractivity contribution in [3.05, 3.63) is 71.2 Å².